The van der Waals surface area contributed by atoms with Gasteiger partial charge in [-0.1, -0.05) is 17.3 Å². The number of aromatic nitrogens is 4. The zero-order chi connectivity index (χ0) is 22.1. The number of nitrogens with zero attached hydrogens (tertiary/aromatic N) is 4. The van der Waals surface area contributed by atoms with E-state index in [1.807, 2.05) is 18.2 Å². The summed E-state index contributed by atoms with van der Waals surface area (Å²) in [6, 6.07) is 13.3. The molecule has 0 aliphatic carbocycles. The Morgan fingerprint density at radius 1 is 1.00 bits per heavy atom. The fraction of sp³-hybridized carbons (Fsp3) is 0.217. The van der Waals surface area contributed by atoms with Crippen molar-refractivity contribution in [3.63, 3.8) is 0 Å². The van der Waals surface area contributed by atoms with Crippen molar-refractivity contribution in [1.82, 2.24) is 19.9 Å². The van der Waals surface area contributed by atoms with E-state index in [1.54, 1.807) is 25.1 Å². The molecule has 0 atom stereocenters. The molecule has 5 rings (SSSR count). The number of ether oxygens (including phenoxy) is 2. The van der Waals surface area contributed by atoms with E-state index >= 15 is 0 Å². The summed E-state index contributed by atoms with van der Waals surface area (Å²) in [4.78, 5) is 16.6. The molecule has 2 aromatic carbocycles. The van der Waals surface area contributed by atoms with Gasteiger partial charge in [-0.2, -0.15) is 10.1 Å². The third-order valence-electron chi connectivity index (χ3n) is 5.09. The molecule has 1 aliphatic heterocycles. The first-order valence-corrected chi connectivity index (χ1v) is 10.1. The Morgan fingerprint density at radius 3 is 2.66 bits per heavy atom. The van der Waals surface area contributed by atoms with Gasteiger partial charge in [0.15, 0.2) is 11.5 Å². The van der Waals surface area contributed by atoms with Crippen LogP contribution < -0.4 is 15.0 Å². The fourth-order valence-electron chi connectivity index (χ4n) is 3.34. The number of aryl methyl sites for hydroxylation is 1. The van der Waals surface area contributed by atoms with E-state index in [4.69, 9.17) is 14.0 Å². The predicted molar refractivity (Wildman–Crippen MR) is 113 cm³/mol. The quantitative estimate of drug-likeness (QED) is 0.484. The average molecular weight is 434 g/mol. The molecule has 0 amide bonds. The minimum absolute atomic E-state index is 0.0153. The first-order chi connectivity index (χ1) is 15.6. The van der Waals surface area contributed by atoms with Crippen molar-refractivity contribution in [3.05, 3.63) is 76.2 Å². The minimum atomic E-state index is -0.352. The number of halogens is 1. The van der Waals surface area contributed by atoms with Crippen LogP contribution in [0.25, 0.3) is 22.6 Å². The second kappa shape index (κ2) is 8.26. The number of fused-ring (bicyclic) bond motifs is 1. The van der Waals surface area contributed by atoms with Crippen molar-refractivity contribution in [2.45, 2.75) is 19.9 Å². The van der Waals surface area contributed by atoms with E-state index < -0.39 is 0 Å². The molecule has 0 unspecified atom stereocenters. The molecule has 4 aromatic rings. The van der Waals surface area contributed by atoms with Gasteiger partial charge in [0, 0.05) is 23.6 Å². The van der Waals surface area contributed by atoms with Gasteiger partial charge in [-0.15, -0.1) is 0 Å². The number of hydrogen-bond acceptors (Lipinski definition) is 7. The van der Waals surface area contributed by atoms with Crippen LogP contribution in [0, 0.1) is 12.7 Å². The molecule has 162 valence electrons. The Labute approximate surface area is 182 Å². The standard InChI is InChI=1S/C23H19FN4O4/c1-14-3-4-16(11-17(14)24)23-25-21(32-27-23)13-28-22(29)8-6-18(26-28)15-5-7-19-20(12-15)31-10-2-9-30-19/h3-8,11-12H,2,9-10,13H2,1H3. The summed E-state index contributed by atoms with van der Waals surface area (Å²) in [5.41, 5.74) is 2.07. The number of benzene rings is 2. The van der Waals surface area contributed by atoms with E-state index in [2.05, 4.69) is 15.2 Å². The molecule has 3 heterocycles. The van der Waals surface area contributed by atoms with Crippen LogP contribution in [-0.4, -0.2) is 33.1 Å². The third kappa shape index (κ3) is 3.96. The van der Waals surface area contributed by atoms with Crippen molar-refractivity contribution in [3.8, 4) is 34.1 Å². The van der Waals surface area contributed by atoms with Gasteiger partial charge in [0.1, 0.15) is 12.4 Å². The lowest BCUT2D eigenvalue weighted by Gasteiger charge is -2.10. The van der Waals surface area contributed by atoms with Crippen LogP contribution in [0.1, 0.15) is 17.9 Å². The molecule has 0 saturated heterocycles. The van der Waals surface area contributed by atoms with Gasteiger partial charge in [0.25, 0.3) is 5.56 Å². The molecule has 9 heteroatoms. The molecule has 32 heavy (non-hydrogen) atoms. The van der Waals surface area contributed by atoms with Crippen LogP contribution >= 0.6 is 0 Å². The zero-order valence-corrected chi connectivity index (χ0v) is 17.2. The Hall–Kier alpha value is -4.01. The smallest absolute Gasteiger partial charge is 0.267 e. The van der Waals surface area contributed by atoms with E-state index in [-0.39, 0.29) is 29.6 Å². The molecular formula is C23H19FN4O4. The summed E-state index contributed by atoms with van der Waals surface area (Å²) in [7, 11) is 0. The Kier molecular flexibility index (Phi) is 5.14. The lowest BCUT2D eigenvalue weighted by molar-refractivity contribution is 0.297. The van der Waals surface area contributed by atoms with Gasteiger partial charge in [0.05, 0.1) is 18.9 Å². The highest BCUT2D eigenvalue weighted by Gasteiger charge is 2.15. The predicted octanol–water partition coefficient (Wildman–Crippen LogP) is 3.62. The summed E-state index contributed by atoms with van der Waals surface area (Å²) in [6.45, 7) is 2.85. The maximum Gasteiger partial charge on any atom is 0.267 e. The van der Waals surface area contributed by atoms with E-state index in [0.717, 1.165) is 12.0 Å². The molecule has 8 nitrogen and oxygen atoms in total. The van der Waals surface area contributed by atoms with Gasteiger partial charge in [-0.05, 0) is 42.8 Å². The third-order valence-corrected chi connectivity index (χ3v) is 5.09. The van der Waals surface area contributed by atoms with Crippen molar-refractivity contribution >= 4 is 0 Å². The molecule has 0 N–H and O–H groups in total. The van der Waals surface area contributed by atoms with Crippen LogP contribution in [-0.2, 0) is 6.54 Å². The summed E-state index contributed by atoms with van der Waals surface area (Å²) in [5, 5.41) is 8.33. The summed E-state index contributed by atoms with van der Waals surface area (Å²) in [5.74, 6) is 1.41. The van der Waals surface area contributed by atoms with Crippen LogP contribution in [0.3, 0.4) is 0 Å². The van der Waals surface area contributed by atoms with Gasteiger partial charge in [0.2, 0.25) is 11.7 Å². The number of rotatable bonds is 4. The Morgan fingerprint density at radius 2 is 1.81 bits per heavy atom. The number of hydrogen-bond donors (Lipinski definition) is 0. The van der Waals surface area contributed by atoms with E-state index in [1.165, 1.54) is 16.8 Å². The Balaban J connectivity index is 1.42. The average Bonchev–Trinajstić information content (AvgIpc) is 3.13. The molecule has 0 fully saturated rings. The first kappa shape index (κ1) is 19.9. The maximum absolute atomic E-state index is 13.8. The van der Waals surface area contributed by atoms with Gasteiger partial charge >= 0.3 is 0 Å². The fourth-order valence-corrected chi connectivity index (χ4v) is 3.34. The zero-order valence-electron chi connectivity index (χ0n) is 17.2. The van der Waals surface area contributed by atoms with Crippen LogP contribution in [0.4, 0.5) is 4.39 Å². The summed E-state index contributed by atoms with van der Waals surface area (Å²) >= 11 is 0. The van der Waals surface area contributed by atoms with Gasteiger partial charge in [-0.25, -0.2) is 9.07 Å². The second-order valence-corrected chi connectivity index (χ2v) is 7.40. The van der Waals surface area contributed by atoms with Gasteiger partial charge in [-0.3, -0.25) is 4.79 Å². The maximum atomic E-state index is 13.8. The SMILES string of the molecule is Cc1ccc(-c2noc(Cn3nc(-c4ccc5c(c4)OCCCO5)ccc3=O)n2)cc1F. The van der Waals surface area contributed by atoms with Gasteiger partial charge < -0.3 is 14.0 Å². The highest BCUT2D eigenvalue weighted by atomic mass is 19.1. The molecular weight excluding hydrogens is 415 g/mol. The normalized spacial score (nSPS) is 13.1. The van der Waals surface area contributed by atoms with Crippen molar-refractivity contribution in [1.29, 1.82) is 0 Å². The lowest BCUT2D eigenvalue weighted by atomic mass is 10.1. The first-order valence-electron chi connectivity index (χ1n) is 10.1. The van der Waals surface area contributed by atoms with Crippen LogP contribution in [0.5, 0.6) is 11.5 Å². The largest absolute Gasteiger partial charge is 0.490 e. The highest BCUT2D eigenvalue weighted by molar-refractivity contribution is 5.63. The van der Waals surface area contributed by atoms with Crippen molar-refractivity contribution in [2.24, 2.45) is 0 Å². The second-order valence-electron chi connectivity index (χ2n) is 7.40. The molecule has 1 aliphatic rings. The van der Waals surface area contributed by atoms with Crippen LogP contribution in [0.2, 0.25) is 0 Å². The van der Waals surface area contributed by atoms with E-state index in [0.29, 0.717) is 41.5 Å². The molecule has 0 bridgehead atoms. The monoisotopic (exact) mass is 434 g/mol. The Bertz CT molecular complexity index is 1350. The highest BCUT2D eigenvalue weighted by Crippen LogP contribution is 2.33. The van der Waals surface area contributed by atoms with E-state index in [9.17, 15) is 9.18 Å². The van der Waals surface area contributed by atoms with Crippen LogP contribution in [0.15, 0.2) is 57.8 Å². The summed E-state index contributed by atoms with van der Waals surface area (Å²) < 4.78 is 31.8. The molecule has 0 spiro atoms. The molecule has 0 saturated carbocycles. The lowest BCUT2D eigenvalue weighted by Crippen LogP contribution is -2.23. The molecule has 2 aromatic heterocycles. The minimum Gasteiger partial charge on any atom is -0.490 e. The van der Waals surface area contributed by atoms with Crippen molar-refractivity contribution < 1.29 is 18.4 Å². The molecule has 0 radical (unpaired) electrons. The topological polar surface area (TPSA) is 92.3 Å². The summed E-state index contributed by atoms with van der Waals surface area (Å²) in [6.07, 6.45) is 0.814. The van der Waals surface area contributed by atoms with Crippen molar-refractivity contribution in [2.75, 3.05) is 13.2 Å².